The molecule has 0 spiro atoms. The Bertz CT molecular complexity index is 1170. The lowest BCUT2D eigenvalue weighted by Gasteiger charge is -2.07. The summed E-state index contributed by atoms with van der Waals surface area (Å²) < 4.78 is 7.48. The average molecular weight is 429 g/mol. The Morgan fingerprint density at radius 2 is 1.97 bits per heavy atom. The van der Waals surface area contributed by atoms with E-state index in [1.807, 2.05) is 29.7 Å². The van der Waals surface area contributed by atoms with Crippen molar-refractivity contribution in [2.24, 2.45) is 0 Å². The molecule has 4 rings (SSSR count). The Labute approximate surface area is 173 Å². The van der Waals surface area contributed by atoms with Gasteiger partial charge < -0.3 is 4.42 Å². The fourth-order valence-corrected chi connectivity index (χ4v) is 3.45. The number of hydrogen-bond acceptors (Lipinski definition) is 8. The first-order valence-corrected chi connectivity index (χ1v) is 9.74. The molecule has 146 valence electrons. The zero-order chi connectivity index (χ0) is 20.4. The molecule has 0 N–H and O–H groups in total. The summed E-state index contributed by atoms with van der Waals surface area (Å²) in [5, 5.41) is 28.2. The Kier molecular flexibility index (Phi) is 5.28. The highest BCUT2D eigenvalue weighted by atomic mass is 35.5. The van der Waals surface area contributed by atoms with Gasteiger partial charge in [0.2, 0.25) is 11.8 Å². The predicted octanol–water partition coefficient (Wildman–Crippen LogP) is 4.48. The van der Waals surface area contributed by atoms with Crippen LogP contribution in [-0.2, 0) is 5.75 Å². The van der Waals surface area contributed by atoms with E-state index in [4.69, 9.17) is 16.0 Å². The fourth-order valence-electron chi connectivity index (χ4n) is 2.51. The fraction of sp³-hybridized carbons (Fsp3) is 0.111. The summed E-state index contributed by atoms with van der Waals surface area (Å²) in [6.07, 6.45) is 1.61. The molecule has 0 fully saturated rings. The molecule has 29 heavy (non-hydrogen) atoms. The molecule has 2 aromatic carbocycles. The van der Waals surface area contributed by atoms with E-state index in [1.165, 1.54) is 23.9 Å². The van der Waals surface area contributed by atoms with Crippen LogP contribution in [0.25, 0.3) is 17.1 Å². The highest BCUT2D eigenvalue weighted by molar-refractivity contribution is 7.98. The lowest BCUT2D eigenvalue weighted by atomic mass is 10.2. The van der Waals surface area contributed by atoms with Crippen molar-refractivity contribution in [3.05, 3.63) is 75.4 Å². The molecule has 0 amide bonds. The minimum atomic E-state index is -0.461. The molecule has 0 radical (unpaired) electrons. The third-order valence-electron chi connectivity index (χ3n) is 4.07. The third kappa shape index (κ3) is 4.13. The minimum Gasteiger partial charge on any atom is -0.420 e. The first kappa shape index (κ1) is 19.1. The molecule has 11 heteroatoms. The Morgan fingerprint density at radius 1 is 1.17 bits per heavy atom. The summed E-state index contributed by atoms with van der Waals surface area (Å²) in [6.45, 7) is 1.94. The van der Waals surface area contributed by atoms with Crippen molar-refractivity contribution < 1.29 is 9.34 Å². The number of benzene rings is 2. The van der Waals surface area contributed by atoms with E-state index in [-0.39, 0.29) is 5.69 Å². The number of aryl methyl sites for hydroxylation is 1. The van der Waals surface area contributed by atoms with E-state index in [0.29, 0.717) is 33.3 Å². The lowest BCUT2D eigenvalue weighted by Crippen LogP contribution is -1.96. The molecule has 0 saturated heterocycles. The van der Waals surface area contributed by atoms with Gasteiger partial charge in [0.25, 0.3) is 5.69 Å². The number of halogens is 1. The molecule has 0 aliphatic rings. The topological polar surface area (TPSA) is 113 Å². The van der Waals surface area contributed by atoms with Crippen molar-refractivity contribution in [3.63, 3.8) is 0 Å². The quantitative estimate of drug-likeness (QED) is 0.251. The molecule has 9 nitrogen and oxygen atoms in total. The number of nitro benzene ring substituents is 1. The molecule has 0 atom stereocenters. The Balaban J connectivity index is 1.48. The molecule has 0 unspecified atom stereocenters. The molecule has 4 aromatic rings. The van der Waals surface area contributed by atoms with Crippen LogP contribution in [0.2, 0.25) is 5.02 Å². The number of nitro groups is 1. The van der Waals surface area contributed by atoms with Gasteiger partial charge in [0.15, 0.2) is 5.16 Å². The highest BCUT2D eigenvalue weighted by Gasteiger charge is 2.14. The highest BCUT2D eigenvalue weighted by Crippen LogP contribution is 2.27. The standard InChI is InChI=1S/C18H13ClN6O3S/c1-11-2-5-14(8-15(11)19)24-10-20-23-18(24)29-9-16-21-22-17(28-16)12-3-6-13(7-4-12)25(26)27/h2-8,10H,9H2,1H3. The van der Waals surface area contributed by atoms with E-state index < -0.39 is 4.92 Å². The predicted molar refractivity (Wildman–Crippen MR) is 107 cm³/mol. The van der Waals surface area contributed by atoms with E-state index in [9.17, 15) is 10.1 Å². The van der Waals surface area contributed by atoms with Crippen LogP contribution in [0.3, 0.4) is 0 Å². The normalized spacial score (nSPS) is 11.0. The summed E-state index contributed by atoms with van der Waals surface area (Å²) in [5.74, 6) is 1.08. The van der Waals surface area contributed by atoms with Gasteiger partial charge in [0.05, 0.1) is 16.4 Å². The van der Waals surface area contributed by atoms with Crippen molar-refractivity contribution in [2.75, 3.05) is 0 Å². The van der Waals surface area contributed by atoms with Crippen LogP contribution in [0.15, 0.2) is 58.4 Å². The minimum absolute atomic E-state index is 0.000380. The zero-order valence-electron chi connectivity index (χ0n) is 15.0. The number of nitrogens with zero attached hydrogens (tertiary/aromatic N) is 6. The van der Waals surface area contributed by atoms with E-state index >= 15 is 0 Å². The number of non-ortho nitro benzene ring substituents is 1. The van der Waals surface area contributed by atoms with Gasteiger partial charge in [0.1, 0.15) is 6.33 Å². The van der Waals surface area contributed by atoms with Crippen molar-refractivity contribution in [3.8, 4) is 17.1 Å². The first-order valence-electron chi connectivity index (χ1n) is 8.38. The van der Waals surface area contributed by atoms with Crippen LogP contribution in [0.5, 0.6) is 0 Å². The van der Waals surface area contributed by atoms with Crippen molar-refractivity contribution in [1.29, 1.82) is 0 Å². The maximum absolute atomic E-state index is 10.7. The van der Waals surface area contributed by atoms with Gasteiger partial charge in [-0.25, -0.2) is 0 Å². The van der Waals surface area contributed by atoms with Gasteiger partial charge >= 0.3 is 0 Å². The molecular formula is C18H13ClN6O3S. The summed E-state index contributed by atoms with van der Waals surface area (Å²) in [6, 6.07) is 11.6. The van der Waals surface area contributed by atoms with Gasteiger partial charge in [-0.05, 0) is 36.8 Å². The molecular weight excluding hydrogens is 416 g/mol. The zero-order valence-corrected chi connectivity index (χ0v) is 16.6. The van der Waals surface area contributed by atoms with Crippen LogP contribution >= 0.6 is 23.4 Å². The van der Waals surface area contributed by atoms with Crippen LogP contribution in [0.1, 0.15) is 11.5 Å². The van der Waals surface area contributed by atoms with Gasteiger partial charge in [0, 0.05) is 22.7 Å². The maximum atomic E-state index is 10.7. The molecule has 2 heterocycles. The van der Waals surface area contributed by atoms with Crippen molar-refractivity contribution in [2.45, 2.75) is 17.8 Å². The molecule has 2 aromatic heterocycles. The van der Waals surface area contributed by atoms with Gasteiger partial charge in [-0.3, -0.25) is 14.7 Å². The lowest BCUT2D eigenvalue weighted by molar-refractivity contribution is -0.384. The largest absolute Gasteiger partial charge is 0.420 e. The molecule has 0 aliphatic carbocycles. The van der Waals surface area contributed by atoms with Crippen LogP contribution < -0.4 is 0 Å². The monoisotopic (exact) mass is 428 g/mol. The number of hydrogen-bond donors (Lipinski definition) is 0. The van der Waals surface area contributed by atoms with Crippen LogP contribution in [0, 0.1) is 17.0 Å². The van der Waals surface area contributed by atoms with Crippen LogP contribution in [0.4, 0.5) is 5.69 Å². The van der Waals surface area contributed by atoms with Crippen LogP contribution in [-0.4, -0.2) is 29.9 Å². The summed E-state index contributed by atoms with van der Waals surface area (Å²) in [7, 11) is 0. The van der Waals surface area contributed by atoms with Crippen molar-refractivity contribution >= 4 is 29.1 Å². The Hall–Kier alpha value is -3.24. The van der Waals surface area contributed by atoms with Gasteiger partial charge in [-0.1, -0.05) is 29.4 Å². The second-order valence-electron chi connectivity index (χ2n) is 6.01. The first-order chi connectivity index (χ1) is 14.0. The number of rotatable bonds is 6. The smallest absolute Gasteiger partial charge is 0.269 e. The number of thioether (sulfide) groups is 1. The van der Waals surface area contributed by atoms with E-state index in [1.54, 1.807) is 18.5 Å². The third-order valence-corrected chi connectivity index (χ3v) is 5.40. The molecule has 0 saturated carbocycles. The van der Waals surface area contributed by atoms with Gasteiger partial charge in [-0.15, -0.1) is 20.4 Å². The van der Waals surface area contributed by atoms with Gasteiger partial charge in [-0.2, -0.15) is 0 Å². The second kappa shape index (κ2) is 8.02. The Morgan fingerprint density at radius 3 is 2.69 bits per heavy atom. The maximum Gasteiger partial charge on any atom is 0.269 e. The van der Waals surface area contributed by atoms with E-state index in [2.05, 4.69) is 20.4 Å². The SMILES string of the molecule is Cc1ccc(-n2cnnc2SCc2nnc(-c3ccc([N+](=O)[O-])cc3)o2)cc1Cl. The molecule has 0 aliphatic heterocycles. The summed E-state index contributed by atoms with van der Waals surface area (Å²) in [4.78, 5) is 10.3. The summed E-state index contributed by atoms with van der Waals surface area (Å²) in [5.41, 5.74) is 2.45. The number of aromatic nitrogens is 5. The second-order valence-corrected chi connectivity index (χ2v) is 7.36. The summed E-state index contributed by atoms with van der Waals surface area (Å²) >= 11 is 7.60. The molecule has 0 bridgehead atoms. The average Bonchev–Trinajstić information content (AvgIpc) is 3.38. The van der Waals surface area contributed by atoms with E-state index in [0.717, 1.165) is 11.3 Å². The van der Waals surface area contributed by atoms with Crippen molar-refractivity contribution in [1.82, 2.24) is 25.0 Å².